The molecule has 0 radical (unpaired) electrons. The minimum atomic E-state index is -3.21. The maximum Gasteiger partial charge on any atom is 0.351 e. The molecule has 14 atom stereocenters. The van der Waals surface area contributed by atoms with Crippen molar-refractivity contribution < 1.29 is 57.6 Å². The van der Waals surface area contributed by atoms with Crippen molar-refractivity contribution in [3.05, 3.63) is 29.3 Å². The van der Waals surface area contributed by atoms with Gasteiger partial charge < -0.3 is 49.9 Å². The number of oxime groups is 1. The predicted octanol–water partition coefficient (Wildman–Crippen LogP) is 6.45. The third kappa shape index (κ3) is 13.9. The van der Waals surface area contributed by atoms with Crippen LogP contribution in [0.25, 0.3) is 10.7 Å². The molecule has 18 nitrogen and oxygen atoms in total. The van der Waals surface area contributed by atoms with Gasteiger partial charge in [0, 0.05) is 35.4 Å². The molecule has 2 aromatic heterocycles. The molecule has 71 heavy (non-hydrogen) atoms. The summed E-state index contributed by atoms with van der Waals surface area (Å²) >= 11 is 1.33. The van der Waals surface area contributed by atoms with Gasteiger partial charge in [0.2, 0.25) is 11.8 Å². The van der Waals surface area contributed by atoms with Crippen molar-refractivity contribution in [3.8, 4) is 10.7 Å². The fraction of sp³-hybridized carbons (Fsp3) is 0.725. The SMILES string of the molecule is CCC(=O)/N=C1\[C@H](C)C[C@@]2(C)OC/C(=N/OCc3csc(-c4cccc(NC(=O)[C@@H](N)CC(C)C)n4)n3)CC[C@H]([C@H]1C)[C@](C)(O)[C@@H](CC)OC(=O)[C@@](C)(F)C(=O)[C@H](C)[C@H]2O[C@@H]1O[C@H](C)C[C@H](N(C)C)[C@H]1O. The standard InChI is InChI=1S/C51H78FN7O11S/c1-14-38-51(11,65)34-20-19-32(58-67-25-33-26-71-46(54-33)36-17-16-18-39(55-36)56-45(63)35(53)21-27(3)4)24-66-49(9,23-28(5)41(30(34)7)57-40(60)15-2)44(31(8)43(62)50(10,52)48(64)69-38)70-47-42(61)37(59(12)13)22-29(6)68-47/h16-18,26-31,34-35,37-38,42,44,47,61,65H,14-15,19-25,53H2,1-13H3,(H,55,56,63)/b57-41+,58-32+/t28-,29-,30-,31+,34-,35+,37+,38-,42-,44-,47+,49-,50+,51+/m1/s1. The molecule has 3 aliphatic rings. The number of hydrogen-bond donors (Lipinski definition) is 4. The highest BCUT2D eigenvalue weighted by Crippen LogP contribution is 2.43. The number of halogens is 1. The fourth-order valence-corrected chi connectivity index (χ4v) is 11.1. The molecule has 5 heterocycles. The first-order valence-corrected chi connectivity index (χ1v) is 25.8. The van der Waals surface area contributed by atoms with Crippen LogP contribution in [0.4, 0.5) is 10.2 Å². The third-order valence-corrected chi connectivity index (χ3v) is 15.2. The largest absolute Gasteiger partial charge is 0.457 e. The molecule has 2 aromatic rings. The number of anilines is 1. The number of nitrogens with two attached hydrogens (primary N) is 1. The molecule has 3 aliphatic heterocycles. The number of rotatable bonds is 13. The summed E-state index contributed by atoms with van der Waals surface area (Å²) < 4.78 is 42.8. The summed E-state index contributed by atoms with van der Waals surface area (Å²) in [6.45, 7) is 18.2. The van der Waals surface area contributed by atoms with Crippen LogP contribution >= 0.6 is 11.3 Å². The number of thiazole rings is 1. The number of pyridine rings is 1. The van der Waals surface area contributed by atoms with Gasteiger partial charge >= 0.3 is 5.97 Å². The van der Waals surface area contributed by atoms with Gasteiger partial charge in [-0.1, -0.05) is 59.7 Å². The highest BCUT2D eigenvalue weighted by atomic mass is 32.1. The lowest BCUT2D eigenvalue weighted by molar-refractivity contribution is -0.296. The monoisotopic (exact) mass is 1020 g/mol. The Morgan fingerprint density at radius 3 is 2.45 bits per heavy atom. The first kappa shape index (κ1) is 57.7. The van der Waals surface area contributed by atoms with E-state index in [1.54, 1.807) is 44.4 Å². The van der Waals surface area contributed by atoms with E-state index in [1.165, 1.54) is 25.2 Å². The van der Waals surface area contributed by atoms with Crippen molar-refractivity contribution in [1.29, 1.82) is 0 Å². The van der Waals surface area contributed by atoms with E-state index in [0.717, 1.165) is 6.92 Å². The van der Waals surface area contributed by atoms with Gasteiger partial charge in [0.15, 0.2) is 18.7 Å². The zero-order valence-corrected chi connectivity index (χ0v) is 44.6. The Bertz CT molecular complexity index is 2240. The molecule has 2 amide bonds. The minimum Gasteiger partial charge on any atom is -0.457 e. The van der Waals surface area contributed by atoms with Crippen molar-refractivity contribution in [2.24, 2.45) is 45.5 Å². The van der Waals surface area contributed by atoms with Crippen molar-refractivity contribution in [3.63, 3.8) is 0 Å². The smallest absolute Gasteiger partial charge is 0.351 e. The van der Waals surface area contributed by atoms with Gasteiger partial charge in [0.25, 0.3) is 5.67 Å². The van der Waals surface area contributed by atoms with E-state index in [2.05, 4.69) is 20.4 Å². The summed E-state index contributed by atoms with van der Waals surface area (Å²) in [4.78, 5) is 76.5. The molecule has 0 spiro atoms. The first-order valence-electron chi connectivity index (χ1n) is 25.0. The Labute approximate surface area is 422 Å². The second-order valence-electron chi connectivity index (χ2n) is 20.9. The Morgan fingerprint density at radius 2 is 1.80 bits per heavy atom. The zero-order valence-electron chi connectivity index (χ0n) is 43.8. The number of fused-ring (bicyclic) bond motifs is 5. The number of ether oxygens (including phenoxy) is 4. The average molecular weight is 1020 g/mol. The molecule has 0 unspecified atom stereocenters. The average Bonchev–Trinajstić information content (AvgIpc) is 3.78. The van der Waals surface area contributed by atoms with Gasteiger partial charge in [-0.25, -0.2) is 24.1 Å². The van der Waals surface area contributed by atoms with Gasteiger partial charge in [-0.15, -0.1) is 11.3 Å². The molecule has 396 valence electrons. The van der Waals surface area contributed by atoms with Crippen molar-refractivity contribution in [2.45, 2.75) is 187 Å². The molecule has 3 saturated heterocycles. The lowest BCUT2D eigenvalue weighted by Crippen LogP contribution is -2.61. The van der Waals surface area contributed by atoms with Crippen molar-refractivity contribution in [2.75, 3.05) is 26.0 Å². The summed E-state index contributed by atoms with van der Waals surface area (Å²) in [6, 6.07) is 4.12. The second kappa shape index (κ2) is 24.3. The highest BCUT2D eigenvalue weighted by molar-refractivity contribution is 7.13. The zero-order chi connectivity index (χ0) is 52.7. The summed E-state index contributed by atoms with van der Waals surface area (Å²) in [5, 5.41) is 34.2. The van der Waals surface area contributed by atoms with E-state index < -0.39 is 95.1 Å². The minimum absolute atomic E-state index is 0.0316. The van der Waals surface area contributed by atoms with Gasteiger partial charge in [0.05, 0.1) is 41.9 Å². The number of Topliss-reactive ketones (excluding diaryl/α,β-unsaturated/α-hetero) is 1. The molecule has 0 aromatic carbocycles. The number of aliphatic hydroxyl groups excluding tert-OH is 1. The van der Waals surface area contributed by atoms with Crippen LogP contribution in [0.3, 0.4) is 0 Å². The number of esters is 1. The topological polar surface area (TPSA) is 247 Å². The summed E-state index contributed by atoms with van der Waals surface area (Å²) in [5.74, 6) is -6.23. The molecule has 3 fully saturated rings. The number of ketones is 1. The molecule has 2 bridgehead atoms. The number of carbonyl (C=O) groups excluding carboxylic acids is 4. The molecule has 5 N–H and O–H groups in total. The van der Waals surface area contributed by atoms with E-state index in [9.17, 15) is 29.4 Å². The Balaban J connectivity index is 1.59. The van der Waals surface area contributed by atoms with Crippen LogP contribution < -0.4 is 11.1 Å². The van der Waals surface area contributed by atoms with Gasteiger partial charge in [0.1, 0.15) is 34.3 Å². The quantitative estimate of drug-likeness (QED) is 0.0957. The number of carbonyl (C=O) groups is 4. The Hall–Kier alpha value is -4.15. The number of aliphatic imine (C=N–C) groups is 1. The number of amides is 2. The van der Waals surface area contributed by atoms with Gasteiger partial charge in [-0.3, -0.25) is 14.4 Å². The Morgan fingerprint density at radius 1 is 1.10 bits per heavy atom. The second-order valence-corrected chi connectivity index (χ2v) is 21.8. The summed E-state index contributed by atoms with van der Waals surface area (Å²) in [5.41, 5.74) is 1.35. The van der Waals surface area contributed by atoms with Crippen LogP contribution in [0.15, 0.2) is 33.7 Å². The third-order valence-electron chi connectivity index (χ3n) is 14.3. The maximum atomic E-state index is 17.1. The maximum absolute atomic E-state index is 17.1. The number of likely N-dealkylation sites (N-methyl/N-ethyl adjacent to an activating group) is 1. The summed E-state index contributed by atoms with van der Waals surface area (Å²) in [7, 11) is 3.64. The van der Waals surface area contributed by atoms with Crippen LogP contribution in [0.2, 0.25) is 0 Å². The van der Waals surface area contributed by atoms with Crippen LogP contribution in [0.5, 0.6) is 0 Å². The van der Waals surface area contributed by atoms with Crippen molar-refractivity contribution >= 4 is 52.1 Å². The number of cyclic esters (lactones) is 1. The van der Waals surface area contributed by atoms with E-state index in [4.69, 9.17) is 34.5 Å². The molecule has 0 aliphatic carbocycles. The Kier molecular flexibility index (Phi) is 19.7. The van der Waals surface area contributed by atoms with Crippen LogP contribution in [0.1, 0.15) is 127 Å². The normalized spacial score (nSPS) is 35.1. The van der Waals surface area contributed by atoms with Gasteiger partial charge in [-0.05, 0) is 110 Å². The lowest BCUT2D eigenvalue weighted by Gasteiger charge is -2.48. The van der Waals surface area contributed by atoms with Gasteiger partial charge in [-0.2, -0.15) is 0 Å². The lowest BCUT2D eigenvalue weighted by atomic mass is 9.68. The van der Waals surface area contributed by atoms with Crippen LogP contribution in [-0.2, 0) is 49.6 Å². The number of alkyl halides is 1. The fourth-order valence-electron chi connectivity index (χ4n) is 10.3. The molecule has 5 rings (SSSR count). The predicted molar refractivity (Wildman–Crippen MR) is 268 cm³/mol. The number of hydrogen-bond acceptors (Lipinski definition) is 17. The van der Waals surface area contributed by atoms with Crippen LogP contribution in [0, 0.1) is 29.6 Å². The highest BCUT2D eigenvalue weighted by Gasteiger charge is 2.56. The number of aromatic nitrogens is 2. The molecule has 0 saturated carbocycles. The number of nitrogens with one attached hydrogen (secondary N) is 1. The molecule has 20 heteroatoms. The molecular formula is C51H78FN7O11S. The molecular weight excluding hydrogens is 938 g/mol. The van der Waals surface area contributed by atoms with E-state index >= 15 is 4.39 Å². The van der Waals surface area contributed by atoms with Crippen molar-refractivity contribution in [1.82, 2.24) is 14.9 Å². The van der Waals surface area contributed by atoms with E-state index in [-0.39, 0.29) is 63.1 Å². The van der Waals surface area contributed by atoms with E-state index in [1.807, 2.05) is 53.6 Å². The first-order chi connectivity index (χ1) is 33.2. The summed E-state index contributed by atoms with van der Waals surface area (Å²) in [6.07, 6.45) is -4.11. The number of aliphatic hydroxyl groups is 2. The van der Waals surface area contributed by atoms with Crippen LogP contribution in [-0.4, -0.2) is 140 Å². The number of nitrogens with zero attached hydrogens (tertiary/aromatic N) is 5. The van der Waals surface area contributed by atoms with E-state index in [0.29, 0.717) is 46.5 Å².